The first-order chi connectivity index (χ1) is 9.28. The first kappa shape index (κ1) is 14.5. The fourth-order valence-electron chi connectivity index (χ4n) is 1.66. The Morgan fingerprint density at radius 2 is 1.95 bits per heavy atom. The van der Waals surface area contributed by atoms with Crippen LogP contribution in [0.15, 0.2) is 18.2 Å². The number of carbonyl (C=O) groups excluding carboxylic acids is 2. The monoisotopic (exact) mass is 291 g/mol. The van der Waals surface area contributed by atoms with Crippen LogP contribution in [0.4, 0.5) is 10.8 Å². The number of amides is 1. The summed E-state index contributed by atoms with van der Waals surface area (Å²) in [5, 5.41) is 6.44. The van der Waals surface area contributed by atoms with Crippen molar-refractivity contribution >= 4 is 44.1 Å². The van der Waals surface area contributed by atoms with Crippen LogP contribution in [0.5, 0.6) is 0 Å². The molecule has 0 unspecified atom stereocenters. The maximum absolute atomic E-state index is 11.5. The van der Waals surface area contributed by atoms with Gasteiger partial charge in [0.1, 0.15) is 0 Å². The Balaban J connectivity index is 2.29. The van der Waals surface area contributed by atoms with Crippen molar-refractivity contribution in [3.05, 3.63) is 18.2 Å². The summed E-state index contributed by atoms with van der Waals surface area (Å²) < 4.78 is 0.986. The Kier molecular flexibility index (Phi) is 3.76. The number of anilines is 2. The molecule has 106 valence electrons. The number of hydrogen-bond acceptors (Lipinski definition) is 5. The lowest BCUT2D eigenvalue weighted by Gasteiger charge is -2.24. The topological polar surface area (TPSA) is 71.1 Å². The molecule has 0 atom stereocenters. The highest BCUT2D eigenvalue weighted by Crippen LogP contribution is 2.29. The molecule has 0 aliphatic carbocycles. The minimum Gasteiger partial charge on any atom is -0.373 e. The Morgan fingerprint density at radius 3 is 2.55 bits per heavy atom. The molecule has 0 aliphatic heterocycles. The molecule has 0 aliphatic rings. The lowest BCUT2D eigenvalue weighted by atomic mass is 10.00. The third-order valence-corrected chi connectivity index (χ3v) is 3.96. The second-order valence-corrected chi connectivity index (χ2v) is 6.22. The average molecular weight is 291 g/mol. The van der Waals surface area contributed by atoms with Gasteiger partial charge in [-0.15, -0.1) is 0 Å². The molecule has 0 saturated carbocycles. The molecule has 1 amide bonds. The number of aromatic nitrogens is 1. The molecule has 0 saturated heterocycles. The smallest absolute Gasteiger partial charge is 0.223 e. The fraction of sp³-hybridized carbons (Fsp3) is 0.357. The summed E-state index contributed by atoms with van der Waals surface area (Å²) in [6.07, 6.45) is 0. The van der Waals surface area contributed by atoms with Crippen LogP contribution in [0.1, 0.15) is 27.7 Å². The fourth-order valence-corrected chi connectivity index (χ4v) is 2.55. The molecular weight excluding hydrogens is 274 g/mol. The van der Waals surface area contributed by atoms with Crippen molar-refractivity contribution in [2.45, 2.75) is 33.2 Å². The summed E-state index contributed by atoms with van der Waals surface area (Å²) in [5.41, 5.74) is 1.00. The van der Waals surface area contributed by atoms with E-state index < -0.39 is 5.54 Å². The van der Waals surface area contributed by atoms with Gasteiger partial charge < -0.3 is 10.6 Å². The van der Waals surface area contributed by atoms with E-state index in [1.165, 1.54) is 18.3 Å². The number of thiazole rings is 1. The van der Waals surface area contributed by atoms with Crippen LogP contribution in [-0.4, -0.2) is 22.2 Å². The van der Waals surface area contributed by atoms with Crippen LogP contribution in [0.25, 0.3) is 10.2 Å². The van der Waals surface area contributed by atoms with Gasteiger partial charge >= 0.3 is 0 Å². The van der Waals surface area contributed by atoms with Crippen LogP contribution >= 0.6 is 11.3 Å². The summed E-state index contributed by atoms with van der Waals surface area (Å²) in [6, 6.07) is 5.71. The minimum atomic E-state index is -0.621. The highest BCUT2D eigenvalue weighted by molar-refractivity contribution is 7.22. The Labute approximate surface area is 121 Å². The van der Waals surface area contributed by atoms with Gasteiger partial charge in [0.15, 0.2) is 10.9 Å². The van der Waals surface area contributed by atoms with Crippen molar-refractivity contribution < 1.29 is 9.59 Å². The second kappa shape index (κ2) is 5.20. The molecule has 2 N–H and O–H groups in total. The first-order valence-electron chi connectivity index (χ1n) is 6.25. The van der Waals surface area contributed by atoms with Crippen LogP contribution in [-0.2, 0) is 9.59 Å². The average Bonchev–Trinajstić information content (AvgIpc) is 2.68. The quantitative estimate of drug-likeness (QED) is 0.908. The number of benzene rings is 1. The number of rotatable bonds is 4. The van der Waals surface area contributed by atoms with E-state index in [2.05, 4.69) is 15.6 Å². The molecule has 0 spiro atoms. The summed E-state index contributed by atoms with van der Waals surface area (Å²) in [5.74, 6) is -0.0741. The summed E-state index contributed by atoms with van der Waals surface area (Å²) in [6.45, 7) is 6.68. The molecule has 0 bridgehead atoms. The number of carbonyl (C=O) groups is 2. The third-order valence-electron chi connectivity index (χ3n) is 3.01. The zero-order chi connectivity index (χ0) is 14.9. The Hall–Kier alpha value is -1.95. The van der Waals surface area contributed by atoms with Gasteiger partial charge in [0.05, 0.1) is 15.8 Å². The van der Waals surface area contributed by atoms with Crippen LogP contribution in [0.3, 0.4) is 0 Å². The highest BCUT2D eigenvalue weighted by Gasteiger charge is 2.23. The second-order valence-electron chi connectivity index (χ2n) is 5.19. The van der Waals surface area contributed by atoms with Gasteiger partial charge in [0.25, 0.3) is 0 Å². The van der Waals surface area contributed by atoms with Crippen molar-refractivity contribution in [2.24, 2.45) is 0 Å². The summed E-state index contributed by atoms with van der Waals surface area (Å²) in [4.78, 5) is 26.9. The van der Waals surface area contributed by atoms with Crippen molar-refractivity contribution in [1.29, 1.82) is 0 Å². The van der Waals surface area contributed by atoms with Crippen molar-refractivity contribution in [1.82, 2.24) is 4.98 Å². The third kappa shape index (κ3) is 3.14. The van der Waals surface area contributed by atoms with Crippen LogP contribution in [0.2, 0.25) is 0 Å². The van der Waals surface area contributed by atoms with Crippen molar-refractivity contribution in [3.63, 3.8) is 0 Å². The lowest BCUT2D eigenvalue weighted by molar-refractivity contribution is -0.120. The predicted molar refractivity (Wildman–Crippen MR) is 82.3 cm³/mol. The van der Waals surface area contributed by atoms with E-state index in [9.17, 15) is 9.59 Å². The Bertz CT molecular complexity index is 676. The molecule has 5 nitrogen and oxygen atoms in total. The Morgan fingerprint density at radius 1 is 1.25 bits per heavy atom. The number of nitrogens with zero attached hydrogens (tertiary/aromatic N) is 1. The van der Waals surface area contributed by atoms with E-state index >= 15 is 0 Å². The molecule has 6 heteroatoms. The maximum Gasteiger partial charge on any atom is 0.223 e. The standard InChI is InChI=1S/C14H17N3O2S/c1-8(18)14(3,4)17-10-5-6-12-11(7-10)16-13(20-12)15-9(2)19/h5-7,17H,1-4H3,(H,15,16,19). The van der Waals surface area contributed by atoms with Gasteiger partial charge in [0, 0.05) is 12.6 Å². The van der Waals surface area contributed by atoms with E-state index in [0.717, 1.165) is 15.9 Å². The molecule has 1 heterocycles. The van der Waals surface area contributed by atoms with Gasteiger partial charge in [-0.25, -0.2) is 4.98 Å². The van der Waals surface area contributed by atoms with E-state index in [1.807, 2.05) is 32.0 Å². The molecule has 0 radical (unpaired) electrons. The molecular formula is C14H17N3O2S. The van der Waals surface area contributed by atoms with E-state index in [0.29, 0.717) is 5.13 Å². The van der Waals surface area contributed by atoms with Gasteiger partial charge in [-0.05, 0) is 39.0 Å². The summed E-state index contributed by atoms with van der Waals surface area (Å²) >= 11 is 1.42. The van der Waals surface area contributed by atoms with E-state index in [4.69, 9.17) is 0 Å². The number of ketones is 1. The zero-order valence-electron chi connectivity index (χ0n) is 11.9. The SMILES string of the molecule is CC(=O)Nc1nc2cc(NC(C)(C)C(C)=O)ccc2s1. The molecule has 0 fully saturated rings. The molecule has 20 heavy (non-hydrogen) atoms. The normalized spacial score (nSPS) is 11.4. The van der Waals surface area contributed by atoms with Crippen molar-refractivity contribution in [2.75, 3.05) is 10.6 Å². The molecule has 1 aromatic carbocycles. The minimum absolute atomic E-state index is 0.0646. The van der Waals surface area contributed by atoms with Gasteiger partial charge in [-0.3, -0.25) is 9.59 Å². The van der Waals surface area contributed by atoms with Gasteiger partial charge in [0.2, 0.25) is 5.91 Å². The summed E-state index contributed by atoms with van der Waals surface area (Å²) in [7, 11) is 0. The predicted octanol–water partition coefficient (Wildman–Crippen LogP) is 3.03. The highest BCUT2D eigenvalue weighted by atomic mass is 32.1. The van der Waals surface area contributed by atoms with Gasteiger partial charge in [-0.1, -0.05) is 11.3 Å². The van der Waals surface area contributed by atoms with Gasteiger partial charge in [-0.2, -0.15) is 0 Å². The maximum atomic E-state index is 11.5. The van der Waals surface area contributed by atoms with E-state index in [1.54, 1.807) is 6.92 Å². The lowest BCUT2D eigenvalue weighted by Crippen LogP contribution is -2.38. The largest absolute Gasteiger partial charge is 0.373 e. The number of Topliss-reactive ketones (excluding diaryl/α,β-unsaturated/α-hetero) is 1. The number of nitrogens with one attached hydrogen (secondary N) is 2. The molecule has 2 aromatic rings. The first-order valence-corrected chi connectivity index (χ1v) is 7.07. The van der Waals surface area contributed by atoms with E-state index in [-0.39, 0.29) is 11.7 Å². The molecule has 2 rings (SSSR count). The molecule has 1 aromatic heterocycles. The van der Waals surface area contributed by atoms with Crippen LogP contribution in [0, 0.1) is 0 Å². The number of hydrogen-bond donors (Lipinski definition) is 2. The van der Waals surface area contributed by atoms with Crippen LogP contribution < -0.4 is 10.6 Å². The number of fused-ring (bicyclic) bond motifs is 1. The van der Waals surface area contributed by atoms with Crippen molar-refractivity contribution in [3.8, 4) is 0 Å². The zero-order valence-corrected chi connectivity index (χ0v) is 12.7.